The maximum atomic E-state index is 11.6. The molecule has 0 radical (unpaired) electrons. The van der Waals surface area contributed by atoms with Crippen LogP contribution in [-0.2, 0) is 9.59 Å². The number of carboxylic acid groups (broad SMARTS) is 1. The maximum Gasteiger partial charge on any atom is 0.310 e. The molecule has 1 aliphatic rings. The molecule has 1 fully saturated rings. The van der Waals surface area contributed by atoms with E-state index in [1.165, 1.54) is 0 Å². The highest BCUT2D eigenvalue weighted by atomic mass is 16.4. The van der Waals surface area contributed by atoms with E-state index in [1.54, 1.807) is 19.0 Å². The quantitative estimate of drug-likeness (QED) is 0.774. The highest BCUT2D eigenvalue weighted by molar-refractivity contribution is 5.75. The van der Waals surface area contributed by atoms with Crippen molar-refractivity contribution in [2.45, 2.75) is 45.4 Å². The van der Waals surface area contributed by atoms with Crippen LogP contribution in [0.3, 0.4) is 0 Å². The van der Waals surface area contributed by atoms with Gasteiger partial charge in [-0.15, -0.1) is 0 Å². The molecule has 1 heterocycles. The minimum atomic E-state index is -0.659. The van der Waals surface area contributed by atoms with Crippen LogP contribution in [0.5, 0.6) is 0 Å². The number of carbonyl (C=O) groups excluding carboxylic acids is 1. The zero-order valence-electron chi connectivity index (χ0n) is 13.0. The Labute approximate surface area is 121 Å². The average Bonchev–Trinajstić information content (AvgIpc) is 2.39. The largest absolute Gasteiger partial charge is 0.481 e. The molecule has 1 unspecified atom stereocenters. The third-order valence-electron chi connectivity index (χ3n) is 4.20. The fourth-order valence-electron chi connectivity index (χ4n) is 3.06. The van der Waals surface area contributed by atoms with Crippen LogP contribution < -0.4 is 0 Å². The Kier molecular flexibility index (Phi) is 6.46. The number of aliphatic carboxylic acids is 1. The lowest BCUT2D eigenvalue weighted by atomic mass is 9.76. The van der Waals surface area contributed by atoms with Gasteiger partial charge in [0.2, 0.25) is 5.91 Å². The minimum Gasteiger partial charge on any atom is -0.481 e. The average molecular weight is 284 g/mol. The molecule has 5 heteroatoms. The molecule has 0 spiro atoms. The summed E-state index contributed by atoms with van der Waals surface area (Å²) >= 11 is 0. The standard InChI is InChI=1S/C15H28N2O3/c1-4-8-15(14(19)20)9-6-11-17(12-15)10-5-7-13(18)16(2)3/h4-12H2,1-3H3,(H,19,20). The van der Waals surface area contributed by atoms with Crippen molar-refractivity contribution in [3.05, 3.63) is 0 Å². The van der Waals surface area contributed by atoms with Crippen molar-refractivity contribution in [1.29, 1.82) is 0 Å². The second-order valence-corrected chi connectivity index (χ2v) is 6.11. The molecule has 0 aliphatic carbocycles. The first-order valence-corrected chi connectivity index (χ1v) is 7.57. The van der Waals surface area contributed by atoms with Gasteiger partial charge in [-0.3, -0.25) is 9.59 Å². The molecule has 1 saturated heterocycles. The zero-order valence-corrected chi connectivity index (χ0v) is 13.0. The number of nitrogens with zero attached hydrogens (tertiary/aromatic N) is 2. The van der Waals surface area contributed by atoms with E-state index in [0.29, 0.717) is 13.0 Å². The lowest BCUT2D eigenvalue weighted by molar-refractivity contribution is -0.153. The number of rotatable bonds is 7. The molecule has 1 atom stereocenters. The van der Waals surface area contributed by atoms with Crippen LogP contribution in [0, 0.1) is 5.41 Å². The van der Waals surface area contributed by atoms with Gasteiger partial charge in [-0.1, -0.05) is 13.3 Å². The second kappa shape index (κ2) is 7.62. The predicted octanol–water partition coefficient (Wildman–Crippen LogP) is 1.82. The van der Waals surface area contributed by atoms with E-state index in [-0.39, 0.29) is 5.91 Å². The summed E-state index contributed by atoms with van der Waals surface area (Å²) < 4.78 is 0. The van der Waals surface area contributed by atoms with Crippen molar-refractivity contribution in [3.8, 4) is 0 Å². The van der Waals surface area contributed by atoms with E-state index >= 15 is 0 Å². The van der Waals surface area contributed by atoms with Gasteiger partial charge < -0.3 is 14.9 Å². The summed E-state index contributed by atoms with van der Waals surface area (Å²) in [5.74, 6) is -0.520. The van der Waals surface area contributed by atoms with E-state index in [2.05, 4.69) is 4.90 Å². The molecular formula is C15H28N2O3. The van der Waals surface area contributed by atoms with E-state index in [0.717, 1.165) is 45.2 Å². The lowest BCUT2D eigenvalue weighted by Crippen LogP contribution is -2.48. The Bertz CT molecular complexity index is 340. The van der Waals surface area contributed by atoms with E-state index in [1.807, 2.05) is 6.92 Å². The van der Waals surface area contributed by atoms with E-state index < -0.39 is 11.4 Å². The molecule has 0 saturated carbocycles. The highest BCUT2D eigenvalue weighted by Crippen LogP contribution is 2.35. The van der Waals surface area contributed by atoms with Crippen LogP contribution in [0.4, 0.5) is 0 Å². The van der Waals surface area contributed by atoms with Gasteiger partial charge in [-0.25, -0.2) is 0 Å². The number of amides is 1. The SMILES string of the molecule is CCCC1(C(=O)O)CCCN(CCCC(=O)N(C)C)C1. The maximum absolute atomic E-state index is 11.6. The van der Waals surface area contributed by atoms with Crippen LogP contribution in [0.1, 0.15) is 45.4 Å². The van der Waals surface area contributed by atoms with Crippen LogP contribution in [-0.4, -0.2) is 60.5 Å². The fourth-order valence-corrected chi connectivity index (χ4v) is 3.06. The molecular weight excluding hydrogens is 256 g/mol. The molecule has 0 aromatic rings. The first kappa shape index (κ1) is 17.0. The topological polar surface area (TPSA) is 60.9 Å². The molecule has 5 nitrogen and oxygen atoms in total. The third-order valence-corrected chi connectivity index (χ3v) is 4.20. The van der Waals surface area contributed by atoms with Crippen molar-refractivity contribution < 1.29 is 14.7 Å². The molecule has 0 aromatic heterocycles. The van der Waals surface area contributed by atoms with Gasteiger partial charge in [0.25, 0.3) is 0 Å². The van der Waals surface area contributed by atoms with Gasteiger partial charge in [-0.2, -0.15) is 0 Å². The van der Waals surface area contributed by atoms with Crippen LogP contribution in [0.15, 0.2) is 0 Å². The number of likely N-dealkylation sites (tertiary alicyclic amines) is 1. The summed E-state index contributed by atoms with van der Waals surface area (Å²) in [6.45, 7) is 4.44. The molecule has 20 heavy (non-hydrogen) atoms. The van der Waals surface area contributed by atoms with Gasteiger partial charge in [0.15, 0.2) is 0 Å². The van der Waals surface area contributed by atoms with Crippen molar-refractivity contribution >= 4 is 11.9 Å². The minimum absolute atomic E-state index is 0.139. The Morgan fingerprint density at radius 1 is 1.35 bits per heavy atom. The van der Waals surface area contributed by atoms with Crippen LogP contribution in [0.2, 0.25) is 0 Å². The molecule has 1 rings (SSSR count). The Balaban J connectivity index is 2.47. The third kappa shape index (κ3) is 4.47. The van der Waals surface area contributed by atoms with Gasteiger partial charge in [0, 0.05) is 27.1 Å². The predicted molar refractivity (Wildman–Crippen MR) is 78.6 cm³/mol. The molecule has 1 aliphatic heterocycles. The summed E-state index contributed by atoms with van der Waals surface area (Å²) in [7, 11) is 3.53. The summed E-state index contributed by atoms with van der Waals surface area (Å²) in [6.07, 6.45) is 4.71. The van der Waals surface area contributed by atoms with Crippen LogP contribution >= 0.6 is 0 Å². The molecule has 1 amide bonds. The summed E-state index contributed by atoms with van der Waals surface area (Å²) in [5.41, 5.74) is -0.571. The molecule has 116 valence electrons. The van der Waals surface area contributed by atoms with E-state index in [4.69, 9.17) is 0 Å². The monoisotopic (exact) mass is 284 g/mol. The van der Waals surface area contributed by atoms with Crippen molar-refractivity contribution in [1.82, 2.24) is 9.80 Å². The Hall–Kier alpha value is -1.10. The van der Waals surface area contributed by atoms with Crippen LogP contribution in [0.25, 0.3) is 0 Å². The zero-order chi connectivity index (χ0) is 15.2. The van der Waals surface area contributed by atoms with Crippen molar-refractivity contribution in [3.63, 3.8) is 0 Å². The summed E-state index contributed by atoms with van der Waals surface area (Å²) in [6, 6.07) is 0. The number of hydrogen-bond acceptors (Lipinski definition) is 3. The fraction of sp³-hybridized carbons (Fsp3) is 0.867. The molecule has 1 N–H and O–H groups in total. The summed E-state index contributed by atoms with van der Waals surface area (Å²) in [5, 5.41) is 9.54. The Morgan fingerprint density at radius 2 is 2.05 bits per heavy atom. The first-order chi connectivity index (χ1) is 9.41. The smallest absolute Gasteiger partial charge is 0.310 e. The summed E-state index contributed by atoms with van der Waals surface area (Å²) in [4.78, 5) is 27.0. The normalized spacial score (nSPS) is 23.6. The van der Waals surface area contributed by atoms with E-state index in [9.17, 15) is 14.7 Å². The lowest BCUT2D eigenvalue weighted by Gasteiger charge is -2.40. The van der Waals surface area contributed by atoms with Crippen molar-refractivity contribution in [2.24, 2.45) is 5.41 Å². The van der Waals surface area contributed by atoms with Crippen molar-refractivity contribution in [2.75, 3.05) is 33.7 Å². The Morgan fingerprint density at radius 3 is 2.60 bits per heavy atom. The number of carbonyl (C=O) groups is 2. The molecule has 0 bridgehead atoms. The number of piperidine rings is 1. The number of hydrogen-bond donors (Lipinski definition) is 1. The van der Waals surface area contributed by atoms with Gasteiger partial charge in [-0.05, 0) is 38.8 Å². The van der Waals surface area contributed by atoms with Gasteiger partial charge >= 0.3 is 5.97 Å². The molecule has 0 aromatic carbocycles. The van der Waals surface area contributed by atoms with Gasteiger partial charge in [0.05, 0.1) is 5.41 Å². The first-order valence-electron chi connectivity index (χ1n) is 7.57. The van der Waals surface area contributed by atoms with Gasteiger partial charge in [0.1, 0.15) is 0 Å². The number of carboxylic acids is 1. The highest BCUT2D eigenvalue weighted by Gasteiger charge is 2.41. The second-order valence-electron chi connectivity index (χ2n) is 6.11.